The van der Waals surface area contributed by atoms with Gasteiger partial charge in [-0.2, -0.15) is 0 Å². The molecule has 0 aliphatic heterocycles. The highest BCUT2D eigenvalue weighted by molar-refractivity contribution is 6.22. The van der Waals surface area contributed by atoms with Crippen molar-refractivity contribution in [1.29, 1.82) is 0 Å². The van der Waals surface area contributed by atoms with Gasteiger partial charge >= 0.3 is 0 Å². The quantitative estimate of drug-likeness (QED) is 0.196. The van der Waals surface area contributed by atoms with Gasteiger partial charge in [0.05, 0.1) is 17.8 Å². The predicted molar refractivity (Wildman–Crippen MR) is 183 cm³/mol. The van der Waals surface area contributed by atoms with Crippen molar-refractivity contribution in [3.8, 4) is 33.4 Å². The summed E-state index contributed by atoms with van der Waals surface area (Å²) in [7, 11) is 0. The van der Waals surface area contributed by atoms with Gasteiger partial charge in [-0.15, -0.1) is 0 Å². The monoisotopic (exact) mass is 559 g/mol. The Bertz CT molecular complexity index is 3170. The molecule has 9 rings (SSSR count). The maximum absolute atomic E-state index is 9.63. The SMILES string of the molecule is [2H]c1c([2H])c([2H])c2c(oc3c([2H])c([2H])c([2H])c(-c4c([2H])c([2H])c5c([2H])c(-c6c7ccccc7c(-c7ccccc7)c7ccccc67)c([2H])c([2H])c5c4[2H])c32)c1[2H]. The second-order valence-corrected chi connectivity index (χ2v) is 10.2. The van der Waals surface area contributed by atoms with Gasteiger partial charge in [0.25, 0.3) is 0 Å². The average Bonchev–Trinajstić information content (AvgIpc) is 3.61. The smallest absolute Gasteiger partial charge is 0.136 e. The molecule has 200 valence electrons. The fourth-order valence-corrected chi connectivity index (χ4v) is 5.99. The van der Waals surface area contributed by atoms with E-state index in [0.717, 1.165) is 21.9 Å². The van der Waals surface area contributed by atoms with Gasteiger partial charge < -0.3 is 4.42 Å². The molecule has 0 unspecified atom stereocenters. The van der Waals surface area contributed by atoms with Crippen LogP contribution >= 0.6 is 0 Å². The van der Waals surface area contributed by atoms with Gasteiger partial charge in [0.1, 0.15) is 11.2 Å². The van der Waals surface area contributed by atoms with Crippen molar-refractivity contribution in [2.24, 2.45) is 0 Å². The molecule has 8 aromatic carbocycles. The molecule has 0 N–H and O–H groups in total. The first-order valence-corrected chi connectivity index (χ1v) is 13.7. The van der Waals surface area contributed by atoms with Crippen LogP contribution in [0.15, 0.2) is 162 Å². The van der Waals surface area contributed by atoms with Gasteiger partial charge in [0.15, 0.2) is 0 Å². The molecule has 43 heavy (non-hydrogen) atoms. The first kappa shape index (κ1) is 14.5. The van der Waals surface area contributed by atoms with Crippen molar-refractivity contribution < 1.29 is 22.2 Å². The zero-order chi connectivity index (χ0) is 39.6. The molecule has 0 saturated heterocycles. The molecule has 0 saturated carbocycles. The van der Waals surface area contributed by atoms with E-state index in [0.29, 0.717) is 16.3 Å². The van der Waals surface area contributed by atoms with Gasteiger partial charge in [-0.25, -0.2) is 0 Å². The van der Waals surface area contributed by atoms with Crippen LogP contribution in [0, 0.1) is 0 Å². The predicted octanol–water partition coefficient (Wildman–Crippen LogP) is 12.0. The molecule has 0 spiro atoms. The second-order valence-electron chi connectivity index (χ2n) is 10.2. The van der Waals surface area contributed by atoms with Crippen LogP contribution in [-0.2, 0) is 0 Å². The first-order valence-electron chi connectivity index (χ1n) is 20.2. The molecule has 0 aliphatic rings. The molecule has 0 aliphatic carbocycles. The minimum absolute atomic E-state index is 0.0435. The summed E-state index contributed by atoms with van der Waals surface area (Å²) in [4.78, 5) is 0. The average molecular weight is 560 g/mol. The van der Waals surface area contributed by atoms with E-state index in [9.17, 15) is 8.22 Å². The zero-order valence-corrected chi connectivity index (χ0v) is 22.4. The highest BCUT2D eigenvalue weighted by Crippen LogP contribution is 2.44. The topological polar surface area (TPSA) is 13.1 Å². The Morgan fingerprint density at radius 1 is 0.419 bits per heavy atom. The number of para-hydroxylation sites is 1. The molecule has 1 nitrogen and oxygen atoms in total. The first-order chi connectivity index (χ1) is 26.8. The Kier molecular flexibility index (Phi) is 3.18. The van der Waals surface area contributed by atoms with Gasteiger partial charge in [-0.1, -0.05) is 133 Å². The van der Waals surface area contributed by atoms with Crippen LogP contribution in [0.5, 0.6) is 0 Å². The van der Waals surface area contributed by atoms with Crippen molar-refractivity contribution in [3.63, 3.8) is 0 Å². The fraction of sp³-hybridized carbons (Fsp3) is 0. The largest absolute Gasteiger partial charge is 0.456 e. The van der Waals surface area contributed by atoms with Gasteiger partial charge in [0.2, 0.25) is 0 Å². The van der Waals surface area contributed by atoms with Crippen LogP contribution in [-0.4, -0.2) is 0 Å². The van der Waals surface area contributed by atoms with Crippen molar-refractivity contribution in [1.82, 2.24) is 0 Å². The van der Waals surface area contributed by atoms with Crippen LogP contribution in [0.1, 0.15) is 17.8 Å². The molecule has 0 radical (unpaired) electrons. The number of rotatable bonds is 3. The normalized spacial score (nSPS) is 16.0. The minimum Gasteiger partial charge on any atom is -0.456 e. The summed E-state index contributed by atoms with van der Waals surface area (Å²) in [5.41, 5.74) is 0.939. The second kappa shape index (κ2) is 9.44. The molecule has 1 heteroatoms. The Balaban J connectivity index is 1.43. The lowest BCUT2D eigenvalue weighted by atomic mass is 9.85. The number of fused-ring (bicyclic) bond motifs is 6. The summed E-state index contributed by atoms with van der Waals surface area (Å²) in [6.45, 7) is 0. The van der Waals surface area contributed by atoms with E-state index in [2.05, 4.69) is 0 Å². The Morgan fingerprint density at radius 2 is 0.977 bits per heavy atom. The maximum Gasteiger partial charge on any atom is 0.136 e. The van der Waals surface area contributed by atoms with E-state index in [1.807, 2.05) is 78.9 Å². The summed E-state index contributed by atoms with van der Waals surface area (Å²) in [5, 5.41) is 2.09. The van der Waals surface area contributed by atoms with Crippen LogP contribution in [0.2, 0.25) is 0 Å². The van der Waals surface area contributed by atoms with E-state index in [-0.39, 0.29) is 49.9 Å². The van der Waals surface area contributed by atoms with Gasteiger partial charge in [-0.3, -0.25) is 0 Å². The molecule has 0 fully saturated rings. The van der Waals surface area contributed by atoms with E-state index < -0.39 is 78.1 Å². The Morgan fingerprint density at radius 3 is 1.67 bits per heavy atom. The van der Waals surface area contributed by atoms with Crippen molar-refractivity contribution in [2.45, 2.75) is 0 Å². The van der Waals surface area contributed by atoms with Crippen LogP contribution in [0.3, 0.4) is 0 Å². The summed E-state index contributed by atoms with van der Waals surface area (Å²) in [5.74, 6) is 0. The van der Waals surface area contributed by atoms with Crippen LogP contribution in [0.25, 0.3) is 87.6 Å². The number of hydrogen-bond donors (Lipinski definition) is 0. The third kappa shape index (κ3) is 3.72. The minimum atomic E-state index is -0.672. The lowest BCUT2D eigenvalue weighted by molar-refractivity contribution is 0.669. The molecule has 1 aromatic heterocycles. The summed E-state index contributed by atoms with van der Waals surface area (Å²) in [6, 6.07) is 17.7. The molecular formula is C42H26O. The fourth-order valence-electron chi connectivity index (χ4n) is 5.99. The number of furan rings is 1. The highest BCUT2D eigenvalue weighted by atomic mass is 16.3. The van der Waals surface area contributed by atoms with E-state index >= 15 is 0 Å². The standard InChI is InChI=1S/C42H26O/c1-2-11-27(12-3-1)40-33-13-4-6-15-35(33)41(36-16-7-5-14-34(36)40)31-24-22-28-25-30(23-21-29(28)26-31)32-18-10-20-39-42(32)37-17-8-9-19-38(37)43-39/h1-26H/i8D,9D,10D,17D,18D,19D,20D,21D,22D,23D,24D,25D,26D. The molecular weight excluding hydrogens is 520 g/mol. The molecule has 0 atom stereocenters. The zero-order valence-electron chi connectivity index (χ0n) is 35.4. The third-order valence-electron chi connectivity index (χ3n) is 7.82. The molecule has 0 amide bonds. The lowest BCUT2D eigenvalue weighted by Crippen LogP contribution is -1.90. The number of benzene rings is 8. The summed E-state index contributed by atoms with van der Waals surface area (Å²) >= 11 is 0. The molecule has 1 heterocycles. The van der Waals surface area contributed by atoms with Gasteiger partial charge in [0, 0.05) is 10.8 Å². The lowest BCUT2D eigenvalue weighted by Gasteiger charge is -2.18. The van der Waals surface area contributed by atoms with E-state index in [1.165, 1.54) is 0 Å². The van der Waals surface area contributed by atoms with Crippen molar-refractivity contribution in [3.05, 3.63) is 157 Å². The summed E-state index contributed by atoms with van der Waals surface area (Å²) < 4.78 is 122. The third-order valence-corrected chi connectivity index (χ3v) is 7.82. The van der Waals surface area contributed by atoms with Gasteiger partial charge in [-0.05, 0) is 89.9 Å². The van der Waals surface area contributed by atoms with E-state index in [4.69, 9.17) is 14.0 Å². The Labute approximate surface area is 267 Å². The van der Waals surface area contributed by atoms with Crippen molar-refractivity contribution in [2.75, 3.05) is 0 Å². The highest BCUT2D eigenvalue weighted by Gasteiger charge is 2.17. The maximum atomic E-state index is 9.63. The van der Waals surface area contributed by atoms with Crippen LogP contribution in [0.4, 0.5) is 0 Å². The van der Waals surface area contributed by atoms with Crippen LogP contribution < -0.4 is 0 Å². The van der Waals surface area contributed by atoms with E-state index in [1.54, 1.807) is 0 Å². The molecule has 9 aromatic rings. The number of hydrogen-bond acceptors (Lipinski definition) is 1. The molecule has 0 bridgehead atoms. The Hall–Kier alpha value is -5.66. The summed E-state index contributed by atoms with van der Waals surface area (Å²) in [6.07, 6.45) is 0. The van der Waals surface area contributed by atoms with Crippen molar-refractivity contribution >= 4 is 54.3 Å².